The van der Waals surface area contributed by atoms with Crippen molar-refractivity contribution in [3.8, 4) is 11.3 Å². The van der Waals surface area contributed by atoms with E-state index in [0.29, 0.717) is 12.4 Å². The van der Waals surface area contributed by atoms with Crippen molar-refractivity contribution in [1.82, 2.24) is 10.1 Å². The minimum atomic E-state index is -0.320. The molecule has 0 bridgehead atoms. The van der Waals surface area contributed by atoms with E-state index in [9.17, 15) is 9.18 Å². The highest BCUT2D eigenvalue weighted by atomic mass is 19.1. The molecule has 26 heavy (non-hydrogen) atoms. The van der Waals surface area contributed by atoms with Crippen molar-refractivity contribution < 1.29 is 18.4 Å². The molecule has 2 aliphatic heterocycles. The average Bonchev–Trinajstić information content (AvgIpc) is 3.30. The normalized spacial score (nSPS) is 23.8. The van der Waals surface area contributed by atoms with Crippen LogP contribution in [0.25, 0.3) is 11.3 Å². The summed E-state index contributed by atoms with van der Waals surface area (Å²) in [5.41, 5.74) is 1.54. The summed E-state index contributed by atoms with van der Waals surface area (Å²) in [6, 6.07) is 7.92. The zero-order valence-corrected chi connectivity index (χ0v) is 14.7. The summed E-state index contributed by atoms with van der Waals surface area (Å²) in [5.74, 6) is 0.375. The van der Waals surface area contributed by atoms with Crippen LogP contribution in [-0.2, 0) is 9.53 Å². The number of ether oxygens (including phenoxy) is 1. The Morgan fingerprint density at radius 1 is 1.12 bits per heavy atom. The number of carbonyl (C=O) groups excluding carboxylic acids is 1. The number of hydrogen-bond acceptors (Lipinski definition) is 4. The van der Waals surface area contributed by atoms with Crippen molar-refractivity contribution in [1.29, 1.82) is 0 Å². The van der Waals surface area contributed by atoms with Gasteiger partial charge in [0.25, 0.3) is 5.91 Å². The summed E-state index contributed by atoms with van der Waals surface area (Å²) < 4.78 is 24.2. The molecule has 2 fully saturated rings. The number of aromatic nitrogens is 1. The Bertz CT molecular complexity index is 753. The van der Waals surface area contributed by atoms with E-state index >= 15 is 0 Å². The van der Waals surface area contributed by atoms with E-state index in [0.717, 1.165) is 56.3 Å². The zero-order valence-electron chi connectivity index (χ0n) is 14.7. The van der Waals surface area contributed by atoms with Crippen LogP contribution in [0.3, 0.4) is 0 Å². The first kappa shape index (κ1) is 17.2. The fourth-order valence-electron chi connectivity index (χ4n) is 3.83. The molecule has 4 rings (SSSR count). The number of rotatable bonds is 3. The van der Waals surface area contributed by atoms with Gasteiger partial charge in [0.2, 0.25) is 0 Å². The van der Waals surface area contributed by atoms with E-state index in [1.165, 1.54) is 12.1 Å². The smallest absolute Gasteiger partial charge is 0.252 e. The molecule has 0 unspecified atom stereocenters. The van der Waals surface area contributed by atoms with Crippen LogP contribution in [0, 0.1) is 5.82 Å². The lowest BCUT2D eigenvalue weighted by Gasteiger charge is -2.30. The highest BCUT2D eigenvalue weighted by molar-refractivity contribution is 5.81. The van der Waals surface area contributed by atoms with Crippen molar-refractivity contribution >= 4 is 5.91 Å². The van der Waals surface area contributed by atoms with Crippen molar-refractivity contribution in [3.05, 3.63) is 41.8 Å². The van der Waals surface area contributed by atoms with E-state index in [1.54, 1.807) is 12.1 Å². The summed E-state index contributed by atoms with van der Waals surface area (Å²) in [6.07, 6.45) is 5.44. The Morgan fingerprint density at radius 2 is 1.96 bits per heavy atom. The fraction of sp³-hybridized carbons (Fsp3) is 0.500. The molecule has 138 valence electrons. The SMILES string of the molecule is O=C([C@@H]1CCCO1)N1CCCCC[C@H]1c1cc(-c2ccc(F)cc2)on1. The van der Waals surface area contributed by atoms with Gasteiger partial charge in [-0.05, 0) is 49.9 Å². The summed E-state index contributed by atoms with van der Waals surface area (Å²) in [5, 5.41) is 4.24. The lowest BCUT2D eigenvalue weighted by molar-refractivity contribution is -0.143. The maximum Gasteiger partial charge on any atom is 0.252 e. The number of amides is 1. The molecular weight excluding hydrogens is 335 g/mol. The van der Waals surface area contributed by atoms with Gasteiger partial charge < -0.3 is 14.2 Å². The number of likely N-dealkylation sites (tertiary alicyclic amines) is 1. The highest BCUT2D eigenvalue weighted by Gasteiger charge is 2.35. The Morgan fingerprint density at radius 3 is 2.73 bits per heavy atom. The molecular formula is C20H23FN2O3. The van der Waals surface area contributed by atoms with E-state index in [-0.39, 0.29) is 23.9 Å². The molecule has 3 heterocycles. The molecule has 1 aromatic carbocycles. The largest absolute Gasteiger partial charge is 0.368 e. The second-order valence-electron chi connectivity index (χ2n) is 7.02. The van der Waals surface area contributed by atoms with Gasteiger partial charge in [-0.25, -0.2) is 4.39 Å². The topological polar surface area (TPSA) is 55.6 Å². The maximum absolute atomic E-state index is 13.1. The van der Waals surface area contributed by atoms with Gasteiger partial charge in [-0.1, -0.05) is 18.0 Å². The van der Waals surface area contributed by atoms with E-state index < -0.39 is 0 Å². The Balaban J connectivity index is 1.58. The molecule has 0 saturated carbocycles. The van der Waals surface area contributed by atoms with Crippen LogP contribution in [-0.4, -0.2) is 35.2 Å². The lowest BCUT2D eigenvalue weighted by atomic mass is 10.0. The molecule has 0 spiro atoms. The third-order valence-corrected chi connectivity index (χ3v) is 5.24. The highest BCUT2D eigenvalue weighted by Crippen LogP contribution is 2.33. The van der Waals surface area contributed by atoms with Crippen molar-refractivity contribution in [2.45, 2.75) is 50.7 Å². The zero-order chi connectivity index (χ0) is 17.9. The molecule has 0 aliphatic carbocycles. The molecule has 0 N–H and O–H groups in total. The van der Waals surface area contributed by atoms with Crippen LogP contribution in [0.5, 0.6) is 0 Å². The first-order valence-electron chi connectivity index (χ1n) is 9.37. The van der Waals surface area contributed by atoms with Crippen molar-refractivity contribution in [2.75, 3.05) is 13.2 Å². The van der Waals surface area contributed by atoms with Crippen LogP contribution in [0.2, 0.25) is 0 Å². The number of carbonyl (C=O) groups is 1. The summed E-state index contributed by atoms with van der Waals surface area (Å²) in [7, 11) is 0. The van der Waals surface area contributed by atoms with Crippen LogP contribution in [0.4, 0.5) is 4.39 Å². The molecule has 5 nitrogen and oxygen atoms in total. The van der Waals surface area contributed by atoms with E-state index in [4.69, 9.17) is 9.26 Å². The molecule has 0 radical (unpaired) electrons. The minimum absolute atomic E-state index is 0.0701. The number of nitrogens with zero attached hydrogens (tertiary/aromatic N) is 2. The third-order valence-electron chi connectivity index (χ3n) is 5.24. The maximum atomic E-state index is 13.1. The molecule has 2 atom stereocenters. The predicted octanol–water partition coefficient (Wildman–Crippen LogP) is 4.10. The van der Waals surface area contributed by atoms with Gasteiger partial charge in [-0.15, -0.1) is 0 Å². The number of hydrogen-bond donors (Lipinski definition) is 0. The quantitative estimate of drug-likeness (QED) is 0.829. The Kier molecular flexibility index (Phi) is 5.02. The summed E-state index contributed by atoms with van der Waals surface area (Å²) >= 11 is 0. The lowest BCUT2D eigenvalue weighted by Crippen LogP contribution is -2.41. The number of benzene rings is 1. The van der Waals surface area contributed by atoms with Gasteiger partial charge in [0.1, 0.15) is 17.6 Å². The van der Waals surface area contributed by atoms with Crippen LogP contribution in [0.15, 0.2) is 34.9 Å². The van der Waals surface area contributed by atoms with Crippen molar-refractivity contribution in [3.63, 3.8) is 0 Å². The molecule has 1 amide bonds. The first-order valence-corrected chi connectivity index (χ1v) is 9.37. The van der Waals surface area contributed by atoms with Gasteiger partial charge in [0, 0.05) is 24.8 Å². The van der Waals surface area contributed by atoms with Gasteiger partial charge in [-0.2, -0.15) is 0 Å². The second-order valence-corrected chi connectivity index (χ2v) is 7.02. The molecule has 6 heteroatoms. The third kappa shape index (κ3) is 3.51. The number of halogens is 1. The van der Waals surface area contributed by atoms with Gasteiger partial charge >= 0.3 is 0 Å². The molecule has 1 aromatic heterocycles. The van der Waals surface area contributed by atoms with Gasteiger partial charge in [0.15, 0.2) is 5.76 Å². The molecule has 2 aromatic rings. The van der Waals surface area contributed by atoms with Crippen LogP contribution < -0.4 is 0 Å². The fourth-order valence-corrected chi connectivity index (χ4v) is 3.83. The first-order chi connectivity index (χ1) is 12.7. The van der Waals surface area contributed by atoms with E-state index in [1.807, 2.05) is 11.0 Å². The van der Waals surface area contributed by atoms with Crippen molar-refractivity contribution in [2.24, 2.45) is 0 Å². The summed E-state index contributed by atoms with van der Waals surface area (Å²) in [6.45, 7) is 1.38. The predicted molar refractivity (Wildman–Crippen MR) is 93.8 cm³/mol. The molecule has 2 aliphatic rings. The minimum Gasteiger partial charge on any atom is -0.368 e. The second kappa shape index (κ2) is 7.58. The summed E-state index contributed by atoms with van der Waals surface area (Å²) in [4.78, 5) is 14.9. The standard InChI is InChI=1S/C20H23FN2O3/c21-15-9-7-14(8-10-15)19-13-16(22-26-19)17-5-2-1-3-11-23(17)20(24)18-6-4-12-25-18/h7-10,13,17-18H,1-6,11-12H2/t17-,18-/m0/s1. The van der Waals surface area contributed by atoms with Gasteiger partial charge in [0.05, 0.1) is 6.04 Å². The Labute approximate surface area is 152 Å². The molecule has 2 saturated heterocycles. The van der Waals surface area contributed by atoms with Crippen LogP contribution in [0.1, 0.15) is 50.3 Å². The van der Waals surface area contributed by atoms with E-state index in [2.05, 4.69) is 5.16 Å². The van der Waals surface area contributed by atoms with Gasteiger partial charge in [-0.3, -0.25) is 4.79 Å². The van der Waals surface area contributed by atoms with Crippen LogP contribution >= 0.6 is 0 Å². The average molecular weight is 358 g/mol. The Hall–Kier alpha value is -2.21. The monoisotopic (exact) mass is 358 g/mol.